The highest BCUT2D eigenvalue weighted by Crippen LogP contribution is 2.34. The SMILES string of the molecule is C(=Cc1ccc(-n2c3ccc(C=Cc4ccncc4)cc3c3cc(C=Cc4ccncc4)ccc32)cc1)c1ccncc1. The first kappa shape index (κ1) is 26.1. The van der Waals surface area contributed by atoms with E-state index < -0.39 is 0 Å². The number of benzene rings is 3. The predicted molar refractivity (Wildman–Crippen MR) is 180 cm³/mol. The van der Waals surface area contributed by atoms with E-state index in [-0.39, 0.29) is 0 Å². The van der Waals surface area contributed by atoms with Crippen molar-refractivity contribution in [3.05, 3.63) is 168 Å². The molecule has 0 saturated heterocycles. The molecule has 7 rings (SSSR count). The summed E-state index contributed by atoms with van der Waals surface area (Å²) in [6.45, 7) is 0. The Hall–Kier alpha value is -5.87. The summed E-state index contributed by atoms with van der Waals surface area (Å²) < 4.78 is 2.35. The molecule has 204 valence electrons. The molecule has 4 nitrogen and oxygen atoms in total. The molecule has 7 aromatic rings. The first-order valence-corrected chi connectivity index (χ1v) is 14.2. The van der Waals surface area contributed by atoms with E-state index in [1.165, 1.54) is 21.8 Å². The van der Waals surface area contributed by atoms with Gasteiger partial charge in [-0.3, -0.25) is 15.0 Å². The number of hydrogen-bond acceptors (Lipinski definition) is 3. The van der Waals surface area contributed by atoms with Gasteiger partial charge in [0.1, 0.15) is 0 Å². The van der Waals surface area contributed by atoms with E-state index in [2.05, 4.69) is 117 Å². The van der Waals surface area contributed by atoms with Gasteiger partial charge in [-0.25, -0.2) is 0 Å². The first-order chi connectivity index (χ1) is 21.3. The molecule has 0 amide bonds. The van der Waals surface area contributed by atoms with Crippen LogP contribution in [-0.2, 0) is 0 Å². The van der Waals surface area contributed by atoms with Crippen LogP contribution in [0.25, 0.3) is 63.9 Å². The topological polar surface area (TPSA) is 43.6 Å². The zero-order valence-electron chi connectivity index (χ0n) is 23.5. The molecule has 3 aromatic carbocycles. The molecule has 0 unspecified atom stereocenters. The molecule has 43 heavy (non-hydrogen) atoms. The third-order valence-electron chi connectivity index (χ3n) is 7.49. The summed E-state index contributed by atoms with van der Waals surface area (Å²) in [6.07, 6.45) is 23.7. The first-order valence-electron chi connectivity index (χ1n) is 14.2. The predicted octanol–water partition coefficient (Wildman–Crippen LogP) is 9.48. The summed E-state index contributed by atoms with van der Waals surface area (Å²) in [5.41, 5.74) is 10.3. The number of rotatable bonds is 7. The molecular weight excluding hydrogens is 524 g/mol. The molecule has 0 aliphatic heterocycles. The van der Waals surface area contributed by atoms with E-state index in [9.17, 15) is 0 Å². The maximum atomic E-state index is 4.13. The van der Waals surface area contributed by atoms with Crippen molar-refractivity contribution in [2.45, 2.75) is 0 Å². The molecule has 0 aliphatic carbocycles. The molecule has 4 heterocycles. The van der Waals surface area contributed by atoms with Gasteiger partial charge in [-0.1, -0.05) is 60.7 Å². The Morgan fingerprint density at radius 2 is 0.674 bits per heavy atom. The minimum absolute atomic E-state index is 1.12. The Bertz CT molecular complexity index is 1980. The Kier molecular flexibility index (Phi) is 7.23. The Morgan fingerprint density at radius 1 is 0.349 bits per heavy atom. The van der Waals surface area contributed by atoms with Gasteiger partial charge in [0.25, 0.3) is 0 Å². The van der Waals surface area contributed by atoms with Gasteiger partial charge >= 0.3 is 0 Å². The van der Waals surface area contributed by atoms with Crippen LogP contribution >= 0.6 is 0 Å². The Balaban J connectivity index is 1.30. The lowest BCUT2D eigenvalue weighted by Gasteiger charge is -2.09. The van der Waals surface area contributed by atoms with E-state index in [1.807, 2.05) is 73.6 Å². The number of hydrogen-bond donors (Lipinski definition) is 0. The highest BCUT2D eigenvalue weighted by molar-refractivity contribution is 6.10. The second kappa shape index (κ2) is 11.9. The fraction of sp³-hybridized carbons (Fsp3) is 0. The van der Waals surface area contributed by atoms with Gasteiger partial charge in [0.2, 0.25) is 0 Å². The van der Waals surface area contributed by atoms with Crippen LogP contribution in [0.5, 0.6) is 0 Å². The smallest absolute Gasteiger partial charge is 0.0541 e. The van der Waals surface area contributed by atoms with Crippen LogP contribution in [0.15, 0.2) is 134 Å². The summed E-state index contributed by atoms with van der Waals surface area (Å²) >= 11 is 0. The van der Waals surface area contributed by atoms with Crippen LogP contribution in [0.2, 0.25) is 0 Å². The van der Waals surface area contributed by atoms with Crippen LogP contribution in [0.4, 0.5) is 0 Å². The van der Waals surface area contributed by atoms with Crippen molar-refractivity contribution >= 4 is 58.3 Å². The van der Waals surface area contributed by atoms with Crippen molar-refractivity contribution in [2.24, 2.45) is 0 Å². The van der Waals surface area contributed by atoms with Gasteiger partial charge in [-0.15, -0.1) is 0 Å². The Labute approximate surface area is 250 Å². The minimum Gasteiger partial charge on any atom is -0.309 e. The summed E-state index contributed by atoms with van der Waals surface area (Å²) in [4.78, 5) is 12.4. The maximum absolute atomic E-state index is 4.13. The second-order valence-corrected chi connectivity index (χ2v) is 10.3. The highest BCUT2D eigenvalue weighted by Gasteiger charge is 2.13. The number of fused-ring (bicyclic) bond motifs is 3. The fourth-order valence-corrected chi connectivity index (χ4v) is 5.28. The molecule has 0 N–H and O–H groups in total. The van der Waals surface area contributed by atoms with Crippen molar-refractivity contribution in [2.75, 3.05) is 0 Å². The van der Waals surface area contributed by atoms with Gasteiger partial charge in [0.05, 0.1) is 11.0 Å². The monoisotopic (exact) mass is 552 g/mol. The van der Waals surface area contributed by atoms with E-state index in [4.69, 9.17) is 0 Å². The zero-order valence-corrected chi connectivity index (χ0v) is 23.5. The van der Waals surface area contributed by atoms with Gasteiger partial charge in [0.15, 0.2) is 0 Å². The summed E-state index contributed by atoms with van der Waals surface area (Å²) in [6, 6.07) is 34.2. The largest absolute Gasteiger partial charge is 0.309 e. The lowest BCUT2D eigenvalue weighted by molar-refractivity contribution is 1.18. The zero-order chi connectivity index (χ0) is 28.8. The van der Waals surface area contributed by atoms with E-state index in [1.54, 1.807) is 0 Å². The average Bonchev–Trinajstić information content (AvgIpc) is 3.40. The molecule has 0 atom stereocenters. The lowest BCUT2D eigenvalue weighted by Crippen LogP contribution is -1.93. The quantitative estimate of drug-likeness (QED) is 0.198. The van der Waals surface area contributed by atoms with Crippen molar-refractivity contribution in [1.82, 2.24) is 19.5 Å². The molecule has 0 fully saturated rings. The molecule has 0 bridgehead atoms. The van der Waals surface area contributed by atoms with Crippen LogP contribution < -0.4 is 0 Å². The van der Waals surface area contributed by atoms with Crippen molar-refractivity contribution in [3.8, 4) is 5.69 Å². The number of pyridine rings is 3. The maximum Gasteiger partial charge on any atom is 0.0541 e. The molecular formula is C39H28N4. The minimum atomic E-state index is 1.12. The van der Waals surface area contributed by atoms with Crippen molar-refractivity contribution < 1.29 is 0 Å². The van der Waals surface area contributed by atoms with Crippen LogP contribution in [0.1, 0.15) is 33.4 Å². The third kappa shape index (κ3) is 5.81. The van der Waals surface area contributed by atoms with Crippen LogP contribution in [0, 0.1) is 0 Å². The van der Waals surface area contributed by atoms with Crippen molar-refractivity contribution in [1.29, 1.82) is 0 Å². The molecule has 4 heteroatoms. The Morgan fingerprint density at radius 3 is 1.07 bits per heavy atom. The standard InChI is InChI=1S/C39H28N4/c1(2-30-15-21-40-22-16-30)29-7-11-35(12-8-29)43-38-13-9-33(5-3-31-17-23-41-24-18-31)27-36(38)37-28-34(10-14-39(37)43)6-4-32-19-25-42-26-20-32/h1-28H. The average molecular weight is 553 g/mol. The molecule has 0 radical (unpaired) electrons. The van der Waals surface area contributed by atoms with Gasteiger partial charge in [0, 0.05) is 53.6 Å². The van der Waals surface area contributed by atoms with Crippen LogP contribution in [-0.4, -0.2) is 19.5 Å². The highest BCUT2D eigenvalue weighted by atomic mass is 15.0. The lowest BCUT2D eigenvalue weighted by atomic mass is 10.1. The second-order valence-electron chi connectivity index (χ2n) is 10.3. The molecule has 0 aliphatic rings. The number of aromatic nitrogens is 4. The van der Waals surface area contributed by atoms with Gasteiger partial charge in [-0.2, -0.15) is 0 Å². The number of nitrogens with zero attached hydrogens (tertiary/aromatic N) is 4. The van der Waals surface area contributed by atoms with Gasteiger partial charge in [-0.05, 0) is 106 Å². The van der Waals surface area contributed by atoms with E-state index in [0.29, 0.717) is 0 Å². The molecule has 0 spiro atoms. The summed E-state index contributed by atoms with van der Waals surface area (Å²) in [5, 5.41) is 2.43. The third-order valence-corrected chi connectivity index (χ3v) is 7.49. The van der Waals surface area contributed by atoms with Gasteiger partial charge < -0.3 is 4.57 Å². The van der Waals surface area contributed by atoms with E-state index in [0.717, 1.165) is 39.1 Å². The van der Waals surface area contributed by atoms with E-state index >= 15 is 0 Å². The normalized spacial score (nSPS) is 11.9. The molecule has 4 aromatic heterocycles. The molecule has 0 saturated carbocycles. The fourth-order valence-electron chi connectivity index (χ4n) is 5.28. The van der Waals surface area contributed by atoms with Crippen LogP contribution in [0.3, 0.4) is 0 Å². The summed E-state index contributed by atoms with van der Waals surface area (Å²) in [5.74, 6) is 0. The summed E-state index contributed by atoms with van der Waals surface area (Å²) in [7, 11) is 0. The van der Waals surface area contributed by atoms with Crippen molar-refractivity contribution in [3.63, 3.8) is 0 Å².